The van der Waals surface area contributed by atoms with E-state index in [0.717, 1.165) is 0 Å². The van der Waals surface area contributed by atoms with Crippen molar-refractivity contribution in [3.05, 3.63) is 29.8 Å². The molecule has 20 heavy (non-hydrogen) atoms. The first-order valence-corrected chi connectivity index (χ1v) is 6.58. The van der Waals surface area contributed by atoms with Crippen LogP contribution in [0.1, 0.15) is 17.3 Å². The number of hydrogen-bond donors (Lipinski definition) is 0. The second-order valence-corrected chi connectivity index (χ2v) is 4.71. The van der Waals surface area contributed by atoms with Gasteiger partial charge in [-0.15, -0.1) is 0 Å². The summed E-state index contributed by atoms with van der Waals surface area (Å²) in [6, 6.07) is 7.12. The SMILES string of the molecule is CCN(CC(=O)c1ccccc1OC)CC(=O)N(C)C. The normalized spacial score (nSPS) is 10.4. The molecule has 0 atom stereocenters. The number of ketones is 1. The highest BCUT2D eigenvalue weighted by Crippen LogP contribution is 2.18. The smallest absolute Gasteiger partial charge is 0.236 e. The monoisotopic (exact) mass is 278 g/mol. The topological polar surface area (TPSA) is 49.9 Å². The molecule has 5 nitrogen and oxygen atoms in total. The average molecular weight is 278 g/mol. The number of likely N-dealkylation sites (N-methyl/N-ethyl adjacent to an activating group) is 2. The number of ether oxygens (including phenoxy) is 1. The van der Waals surface area contributed by atoms with E-state index in [1.54, 1.807) is 39.4 Å². The van der Waals surface area contributed by atoms with Gasteiger partial charge in [0.2, 0.25) is 5.91 Å². The van der Waals surface area contributed by atoms with E-state index in [1.165, 1.54) is 4.90 Å². The summed E-state index contributed by atoms with van der Waals surface area (Å²) in [5, 5.41) is 0. The van der Waals surface area contributed by atoms with Crippen LogP contribution in [-0.2, 0) is 4.79 Å². The molecule has 1 rings (SSSR count). The molecule has 0 fully saturated rings. The van der Waals surface area contributed by atoms with E-state index in [-0.39, 0.29) is 24.8 Å². The number of para-hydroxylation sites is 1. The summed E-state index contributed by atoms with van der Waals surface area (Å²) in [4.78, 5) is 27.3. The Balaban J connectivity index is 2.74. The van der Waals surface area contributed by atoms with Gasteiger partial charge in [-0.3, -0.25) is 14.5 Å². The van der Waals surface area contributed by atoms with Crippen molar-refractivity contribution >= 4 is 11.7 Å². The highest BCUT2D eigenvalue weighted by atomic mass is 16.5. The van der Waals surface area contributed by atoms with Crippen LogP contribution in [0.25, 0.3) is 0 Å². The van der Waals surface area contributed by atoms with Gasteiger partial charge < -0.3 is 9.64 Å². The fourth-order valence-electron chi connectivity index (χ4n) is 1.78. The maximum atomic E-state index is 12.3. The Kier molecular flexibility index (Phi) is 6.18. The second kappa shape index (κ2) is 7.65. The predicted molar refractivity (Wildman–Crippen MR) is 78.1 cm³/mol. The highest BCUT2D eigenvalue weighted by molar-refractivity contribution is 6.00. The molecule has 1 amide bonds. The molecule has 0 heterocycles. The van der Waals surface area contributed by atoms with Crippen LogP contribution < -0.4 is 4.74 Å². The molecular formula is C15H22N2O3. The van der Waals surface area contributed by atoms with Gasteiger partial charge >= 0.3 is 0 Å². The molecule has 0 bridgehead atoms. The van der Waals surface area contributed by atoms with Gasteiger partial charge in [0.25, 0.3) is 0 Å². The van der Waals surface area contributed by atoms with E-state index in [9.17, 15) is 9.59 Å². The number of benzene rings is 1. The van der Waals surface area contributed by atoms with E-state index < -0.39 is 0 Å². The third kappa shape index (κ3) is 4.35. The molecule has 1 aromatic rings. The Bertz CT molecular complexity index is 472. The Hall–Kier alpha value is -1.88. The molecule has 0 aliphatic heterocycles. The molecule has 1 aromatic carbocycles. The van der Waals surface area contributed by atoms with Gasteiger partial charge in [-0.05, 0) is 18.7 Å². The fraction of sp³-hybridized carbons (Fsp3) is 0.467. The molecular weight excluding hydrogens is 256 g/mol. The molecule has 0 spiro atoms. The summed E-state index contributed by atoms with van der Waals surface area (Å²) in [5.74, 6) is 0.503. The summed E-state index contributed by atoms with van der Waals surface area (Å²) in [7, 11) is 4.95. The van der Waals surface area contributed by atoms with Gasteiger partial charge in [-0.25, -0.2) is 0 Å². The molecule has 5 heteroatoms. The first-order valence-electron chi connectivity index (χ1n) is 6.58. The first-order chi connectivity index (χ1) is 9.49. The minimum atomic E-state index is -0.0455. The van der Waals surface area contributed by atoms with Crippen LogP contribution in [-0.4, -0.2) is 62.3 Å². The molecule has 110 valence electrons. The summed E-state index contributed by atoms with van der Waals surface area (Å²) < 4.78 is 5.19. The molecule has 0 N–H and O–H groups in total. The van der Waals surface area contributed by atoms with Crippen molar-refractivity contribution in [1.29, 1.82) is 0 Å². The van der Waals surface area contributed by atoms with E-state index >= 15 is 0 Å². The number of carbonyl (C=O) groups is 2. The largest absolute Gasteiger partial charge is 0.496 e. The highest BCUT2D eigenvalue weighted by Gasteiger charge is 2.17. The lowest BCUT2D eigenvalue weighted by Crippen LogP contribution is -2.39. The molecule has 0 unspecified atom stereocenters. The summed E-state index contributed by atoms with van der Waals surface area (Å²) in [6.07, 6.45) is 0. The van der Waals surface area contributed by atoms with Gasteiger partial charge in [0, 0.05) is 14.1 Å². The average Bonchev–Trinajstić information content (AvgIpc) is 2.45. The number of carbonyl (C=O) groups excluding carboxylic acids is 2. The molecule has 0 saturated carbocycles. The predicted octanol–water partition coefficient (Wildman–Crippen LogP) is 1.29. The molecule has 0 radical (unpaired) electrons. The van der Waals surface area contributed by atoms with E-state index in [0.29, 0.717) is 17.9 Å². The number of methoxy groups -OCH3 is 1. The van der Waals surface area contributed by atoms with Crippen molar-refractivity contribution in [2.24, 2.45) is 0 Å². The number of amides is 1. The Labute approximate surface area is 120 Å². The molecule has 0 aliphatic carbocycles. The van der Waals surface area contributed by atoms with Gasteiger partial charge in [-0.2, -0.15) is 0 Å². The maximum absolute atomic E-state index is 12.3. The van der Waals surface area contributed by atoms with Crippen LogP contribution >= 0.6 is 0 Å². The second-order valence-electron chi connectivity index (χ2n) is 4.71. The van der Waals surface area contributed by atoms with Gasteiger partial charge in [0.15, 0.2) is 5.78 Å². The van der Waals surface area contributed by atoms with Crippen LogP contribution in [0.15, 0.2) is 24.3 Å². The van der Waals surface area contributed by atoms with Crippen LogP contribution in [0.3, 0.4) is 0 Å². The van der Waals surface area contributed by atoms with E-state index in [1.807, 2.05) is 17.9 Å². The third-order valence-electron chi connectivity index (χ3n) is 3.08. The van der Waals surface area contributed by atoms with Crippen molar-refractivity contribution in [2.45, 2.75) is 6.92 Å². The number of nitrogens with zero attached hydrogens (tertiary/aromatic N) is 2. The molecule has 0 aliphatic rings. The first kappa shape index (κ1) is 16.2. The fourth-order valence-corrected chi connectivity index (χ4v) is 1.78. The summed E-state index contributed by atoms with van der Waals surface area (Å²) >= 11 is 0. The number of hydrogen-bond acceptors (Lipinski definition) is 4. The van der Waals surface area contributed by atoms with Crippen molar-refractivity contribution in [3.63, 3.8) is 0 Å². The van der Waals surface area contributed by atoms with Crippen LogP contribution in [0.4, 0.5) is 0 Å². The zero-order valence-electron chi connectivity index (χ0n) is 12.5. The molecule has 0 saturated heterocycles. The summed E-state index contributed by atoms with van der Waals surface area (Å²) in [5.41, 5.74) is 0.547. The standard InChI is InChI=1S/C15H22N2O3/c1-5-17(11-15(19)16(2)3)10-13(18)12-8-6-7-9-14(12)20-4/h6-9H,5,10-11H2,1-4H3. The van der Waals surface area contributed by atoms with Gasteiger partial charge in [0.05, 0.1) is 25.8 Å². The lowest BCUT2D eigenvalue weighted by molar-refractivity contribution is -0.129. The van der Waals surface area contributed by atoms with Crippen LogP contribution in [0.2, 0.25) is 0 Å². The van der Waals surface area contributed by atoms with E-state index in [2.05, 4.69) is 0 Å². The lowest BCUT2D eigenvalue weighted by atomic mass is 10.1. The number of Topliss-reactive ketones (excluding diaryl/α,β-unsaturated/α-hetero) is 1. The Morgan fingerprint density at radius 1 is 1.15 bits per heavy atom. The minimum Gasteiger partial charge on any atom is -0.496 e. The van der Waals surface area contributed by atoms with Crippen molar-refractivity contribution in [3.8, 4) is 5.75 Å². The van der Waals surface area contributed by atoms with E-state index in [4.69, 9.17) is 4.74 Å². The van der Waals surface area contributed by atoms with Gasteiger partial charge in [-0.1, -0.05) is 19.1 Å². The zero-order valence-corrected chi connectivity index (χ0v) is 12.5. The van der Waals surface area contributed by atoms with Crippen LogP contribution in [0, 0.1) is 0 Å². The lowest BCUT2D eigenvalue weighted by Gasteiger charge is -2.21. The Morgan fingerprint density at radius 2 is 1.80 bits per heavy atom. The number of rotatable bonds is 7. The quantitative estimate of drug-likeness (QED) is 0.705. The third-order valence-corrected chi connectivity index (χ3v) is 3.08. The van der Waals surface area contributed by atoms with Crippen LogP contribution in [0.5, 0.6) is 5.75 Å². The van der Waals surface area contributed by atoms with Gasteiger partial charge in [0.1, 0.15) is 5.75 Å². The maximum Gasteiger partial charge on any atom is 0.236 e. The Morgan fingerprint density at radius 3 is 2.35 bits per heavy atom. The van der Waals surface area contributed by atoms with Crippen molar-refractivity contribution in [2.75, 3.05) is 40.8 Å². The summed E-state index contributed by atoms with van der Waals surface area (Å²) in [6.45, 7) is 3.01. The minimum absolute atomic E-state index is 0.0142. The zero-order chi connectivity index (χ0) is 15.1. The van der Waals surface area contributed by atoms with Crippen molar-refractivity contribution in [1.82, 2.24) is 9.80 Å². The van der Waals surface area contributed by atoms with Crippen molar-refractivity contribution < 1.29 is 14.3 Å². The molecule has 0 aromatic heterocycles.